The van der Waals surface area contributed by atoms with Gasteiger partial charge in [0.1, 0.15) is 5.69 Å². The van der Waals surface area contributed by atoms with Gasteiger partial charge in [-0.05, 0) is 19.9 Å². The fraction of sp³-hybridized carbons (Fsp3) is 0.300. The smallest absolute Gasteiger partial charge is 0.180 e. The normalized spacial score (nSPS) is 10.8. The maximum Gasteiger partial charge on any atom is 0.180 e. The number of aryl methyl sites for hydroxylation is 2. The fourth-order valence-electron chi connectivity index (χ4n) is 1.46. The lowest BCUT2D eigenvalue weighted by Gasteiger charge is -1.98. The number of carbonyl (C=O) groups is 1. The SMILES string of the molecule is CC(=O)c1cc2c(C)nc(C)cn2n1. The van der Waals surface area contributed by atoms with E-state index in [2.05, 4.69) is 10.1 Å². The second-order valence-corrected chi connectivity index (χ2v) is 3.38. The minimum atomic E-state index is -0.0225. The molecule has 0 fully saturated rings. The number of Topliss-reactive ketones (excluding diaryl/α,β-unsaturated/α-hetero) is 1. The van der Waals surface area contributed by atoms with Crippen molar-refractivity contribution >= 4 is 11.3 Å². The second-order valence-electron chi connectivity index (χ2n) is 3.38. The monoisotopic (exact) mass is 189 g/mol. The Balaban J connectivity index is 2.76. The quantitative estimate of drug-likeness (QED) is 0.639. The maximum absolute atomic E-state index is 11.1. The van der Waals surface area contributed by atoms with Crippen LogP contribution in [-0.4, -0.2) is 20.4 Å². The molecule has 0 N–H and O–H groups in total. The largest absolute Gasteiger partial charge is 0.293 e. The van der Waals surface area contributed by atoms with Crippen LogP contribution in [0.4, 0.5) is 0 Å². The van der Waals surface area contributed by atoms with E-state index in [1.54, 1.807) is 10.6 Å². The first-order chi connectivity index (χ1) is 6.58. The van der Waals surface area contributed by atoms with Gasteiger partial charge in [0.05, 0.1) is 23.1 Å². The van der Waals surface area contributed by atoms with Crippen LogP contribution in [0.25, 0.3) is 5.52 Å². The van der Waals surface area contributed by atoms with E-state index in [1.165, 1.54) is 6.92 Å². The van der Waals surface area contributed by atoms with E-state index in [0.29, 0.717) is 5.69 Å². The molecule has 0 amide bonds. The highest BCUT2D eigenvalue weighted by Gasteiger charge is 2.08. The molecule has 2 aromatic rings. The number of hydrogen-bond donors (Lipinski definition) is 0. The summed E-state index contributed by atoms with van der Waals surface area (Å²) in [7, 11) is 0. The Morgan fingerprint density at radius 2 is 2.14 bits per heavy atom. The summed E-state index contributed by atoms with van der Waals surface area (Å²) in [5, 5.41) is 4.16. The number of rotatable bonds is 1. The predicted molar refractivity (Wildman–Crippen MR) is 52.5 cm³/mol. The molecule has 4 heteroatoms. The van der Waals surface area contributed by atoms with E-state index < -0.39 is 0 Å². The van der Waals surface area contributed by atoms with Gasteiger partial charge < -0.3 is 0 Å². The zero-order chi connectivity index (χ0) is 10.3. The Hall–Kier alpha value is -1.71. The van der Waals surface area contributed by atoms with Crippen molar-refractivity contribution in [2.24, 2.45) is 0 Å². The summed E-state index contributed by atoms with van der Waals surface area (Å²) in [5.41, 5.74) is 3.17. The molecule has 0 radical (unpaired) electrons. The van der Waals surface area contributed by atoms with Crippen molar-refractivity contribution in [3.05, 3.63) is 29.3 Å². The molecule has 14 heavy (non-hydrogen) atoms. The zero-order valence-corrected chi connectivity index (χ0v) is 8.40. The maximum atomic E-state index is 11.1. The van der Waals surface area contributed by atoms with Crippen molar-refractivity contribution in [2.75, 3.05) is 0 Å². The number of carbonyl (C=O) groups excluding carboxylic acids is 1. The number of aromatic nitrogens is 3. The van der Waals surface area contributed by atoms with Gasteiger partial charge in [-0.2, -0.15) is 5.10 Å². The lowest BCUT2D eigenvalue weighted by molar-refractivity contribution is 0.101. The highest BCUT2D eigenvalue weighted by atomic mass is 16.1. The Morgan fingerprint density at radius 1 is 1.43 bits per heavy atom. The van der Waals surface area contributed by atoms with Crippen LogP contribution in [0, 0.1) is 13.8 Å². The molecule has 0 saturated carbocycles. The zero-order valence-electron chi connectivity index (χ0n) is 8.40. The van der Waals surface area contributed by atoms with Gasteiger partial charge >= 0.3 is 0 Å². The molecule has 0 aliphatic rings. The van der Waals surface area contributed by atoms with Crippen LogP contribution in [0.5, 0.6) is 0 Å². The molecule has 0 unspecified atom stereocenters. The van der Waals surface area contributed by atoms with Crippen molar-refractivity contribution < 1.29 is 4.79 Å². The van der Waals surface area contributed by atoms with E-state index >= 15 is 0 Å². The van der Waals surface area contributed by atoms with Gasteiger partial charge in [0.15, 0.2) is 5.78 Å². The summed E-state index contributed by atoms with van der Waals surface area (Å²) < 4.78 is 1.70. The van der Waals surface area contributed by atoms with Gasteiger partial charge in [0.2, 0.25) is 0 Å². The Bertz CT molecular complexity index is 513. The van der Waals surface area contributed by atoms with Gasteiger partial charge in [-0.1, -0.05) is 0 Å². The minimum absolute atomic E-state index is 0.0225. The molecular formula is C10H11N3O. The van der Waals surface area contributed by atoms with Gasteiger partial charge in [-0.25, -0.2) is 4.52 Å². The third kappa shape index (κ3) is 1.28. The average molecular weight is 189 g/mol. The van der Waals surface area contributed by atoms with Crippen LogP contribution in [0.3, 0.4) is 0 Å². The van der Waals surface area contributed by atoms with Gasteiger partial charge in [-0.3, -0.25) is 9.78 Å². The standard InChI is InChI=1S/C10H11N3O/c1-6-5-13-10(7(2)11-6)4-9(12-13)8(3)14/h4-5H,1-3H3. The molecule has 4 nitrogen and oxygen atoms in total. The first-order valence-corrected chi connectivity index (χ1v) is 4.42. The lowest BCUT2D eigenvalue weighted by atomic mass is 10.3. The Labute approximate surface area is 81.6 Å². The summed E-state index contributed by atoms with van der Waals surface area (Å²) in [6.45, 7) is 5.33. The summed E-state index contributed by atoms with van der Waals surface area (Å²) in [6, 6.07) is 1.77. The molecule has 0 spiro atoms. The van der Waals surface area contributed by atoms with Crippen molar-refractivity contribution in [1.82, 2.24) is 14.6 Å². The molecule has 2 heterocycles. The summed E-state index contributed by atoms with van der Waals surface area (Å²) in [5.74, 6) is -0.0225. The topological polar surface area (TPSA) is 47.3 Å². The summed E-state index contributed by atoms with van der Waals surface area (Å²) >= 11 is 0. The number of ketones is 1. The molecule has 2 rings (SSSR count). The molecule has 2 aromatic heterocycles. The number of fused-ring (bicyclic) bond motifs is 1. The first kappa shape index (κ1) is 8.87. The van der Waals surface area contributed by atoms with Gasteiger partial charge in [0, 0.05) is 6.92 Å². The van der Waals surface area contributed by atoms with Crippen LogP contribution < -0.4 is 0 Å². The highest BCUT2D eigenvalue weighted by Crippen LogP contribution is 2.11. The fourth-order valence-corrected chi connectivity index (χ4v) is 1.46. The van der Waals surface area contributed by atoms with Crippen LogP contribution in [0.2, 0.25) is 0 Å². The molecule has 72 valence electrons. The van der Waals surface area contributed by atoms with Gasteiger partial charge in [-0.15, -0.1) is 0 Å². The van der Waals surface area contributed by atoms with Crippen LogP contribution in [-0.2, 0) is 0 Å². The van der Waals surface area contributed by atoms with E-state index in [0.717, 1.165) is 16.9 Å². The number of nitrogens with zero attached hydrogens (tertiary/aromatic N) is 3. The second kappa shape index (κ2) is 2.90. The summed E-state index contributed by atoms with van der Waals surface area (Å²) in [4.78, 5) is 15.4. The van der Waals surface area contributed by atoms with Crippen molar-refractivity contribution in [2.45, 2.75) is 20.8 Å². The third-order valence-electron chi connectivity index (χ3n) is 2.12. The predicted octanol–water partition coefficient (Wildman–Crippen LogP) is 1.55. The Morgan fingerprint density at radius 3 is 2.79 bits per heavy atom. The van der Waals surface area contributed by atoms with Crippen molar-refractivity contribution in [3.8, 4) is 0 Å². The molecule has 0 aromatic carbocycles. The van der Waals surface area contributed by atoms with E-state index in [9.17, 15) is 4.79 Å². The lowest BCUT2D eigenvalue weighted by Crippen LogP contribution is -1.96. The molecule has 0 aliphatic heterocycles. The van der Waals surface area contributed by atoms with E-state index in [1.807, 2.05) is 20.0 Å². The van der Waals surface area contributed by atoms with Crippen molar-refractivity contribution in [3.63, 3.8) is 0 Å². The minimum Gasteiger partial charge on any atom is -0.293 e. The highest BCUT2D eigenvalue weighted by molar-refractivity contribution is 5.93. The van der Waals surface area contributed by atoms with E-state index in [-0.39, 0.29) is 5.78 Å². The number of hydrogen-bond acceptors (Lipinski definition) is 3. The molecular weight excluding hydrogens is 178 g/mol. The van der Waals surface area contributed by atoms with Crippen molar-refractivity contribution in [1.29, 1.82) is 0 Å². The average Bonchev–Trinajstić information content (AvgIpc) is 2.47. The van der Waals surface area contributed by atoms with Gasteiger partial charge in [0.25, 0.3) is 0 Å². The third-order valence-corrected chi connectivity index (χ3v) is 2.12. The molecule has 0 atom stereocenters. The Kier molecular flexibility index (Phi) is 1.84. The van der Waals surface area contributed by atoms with Crippen LogP contribution >= 0.6 is 0 Å². The first-order valence-electron chi connectivity index (χ1n) is 4.42. The molecule has 0 bridgehead atoms. The molecule has 0 aliphatic carbocycles. The van der Waals surface area contributed by atoms with Crippen LogP contribution in [0.15, 0.2) is 12.3 Å². The molecule has 0 saturated heterocycles. The summed E-state index contributed by atoms with van der Waals surface area (Å²) in [6.07, 6.45) is 1.81. The van der Waals surface area contributed by atoms with Crippen LogP contribution in [0.1, 0.15) is 28.8 Å². The van der Waals surface area contributed by atoms with E-state index in [4.69, 9.17) is 0 Å².